The number of ether oxygens (including phenoxy) is 2. The van der Waals surface area contributed by atoms with Crippen LogP contribution in [0.15, 0.2) is 47.9 Å². The van der Waals surface area contributed by atoms with E-state index in [2.05, 4.69) is 10.0 Å². The maximum Gasteiger partial charge on any atom is 0.233 e. The first-order valence-electron chi connectivity index (χ1n) is 8.35. The number of nitrogens with one attached hydrogen (secondary N) is 2. The number of hydrogen-bond donors (Lipinski definition) is 2. The Balaban J connectivity index is 1.46. The minimum Gasteiger partial charge on any atom is -0.454 e. The van der Waals surface area contributed by atoms with Gasteiger partial charge in [0.05, 0.1) is 0 Å². The van der Waals surface area contributed by atoms with Gasteiger partial charge in [0.15, 0.2) is 11.5 Å². The van der Waals surface area contributed by atoms with Gasteiger partial charge in [0.2, 0.25) is 22.7 Å². The van der Waals surface area contributed by atoms with Crippen LogP contribution in [0.1, 0.15) is 17.5 Å². The molecule has 0 aromatic heterocycles. The predicted molar refractivity (Wildman–Crippen MR) is 103 cm³/mol. The van der Waals surface area contributed by atoms with Gasteiger partial charge in [-0.25, -0.2) is 13.1 Å². The smallest absolute Gasteiger partial charge is 0.233 e. The molecule has 0 saturated heterocycles. The van der Waals surface area contributed by atoms with Gasteiger partial charge in [0.1, 0.15) is 0 Å². The van der Waals surface area contributed by atoms with Crippen molar-refractivity contribution in [1.29, 1.82) is 0 Å². The molecule has 8 heteroatoms. The third-order valence-electron chi connectivity index (χ3n) is 3.83. The monoisotopic (exact) mass is 388 g/mol. The summed E-state index contributed by atoms with van der Waals surface area (Å²) in [5, 5.41) is 3.78. The van der Waals surface area contributed by atoms with E-state index in [1.54, 1.807) is 18.2 Å². The van der Waals surface area contributed by atoms with E-state index in [1.165, 1.54) is 6.08 Å². The fourth-order valence-corrected chi connectivity index (χ4v) is 3.22. The van der Waals surface area contributed by atoms with Crippen LogP contribution >= 0.6 is 0 Å². The Morgan fingerprint density at radius 3 is 2.63 bits per heavy atom. The lowest BCUT2D eigenvalue weighted by Gasteiger charge is -2.06. The van der Waals surface area contributed by atoms with E-state index >= 15 is 0 Å². The number of hydrogen-bond acceptors (Lipinski definition) is 5. The summed E-state index contributed by atoms with van der Waals surface area (Å²) in [6.45, 7) is 2.11. The van der Waals surface area contributed by atoms with Gasteiger partial charge in [0, 0.05) is 30.1 Å². The Morgan fingerprint density at radius 1 is 1.11 bits per heavy atom. The normalized spacial score (nSPS) is 13.1. The second-order valence-electron chi connectivity index (χ2n) is 6.02. The van der Waals surface area contributed by atoms with Gasteiger partial charge in [-0.05, 0) is 30.7 Å². The van der Waals surface area contributed by atoms with Crippen molar-refractivity contribution in [2.45, 2.75) is 13.3 Å². The molecule has 0 radical (unpaired) electrons. The predicted octanol–water partition coefficient (Wildman–Crippen LogP) is 2.64. The van der Waals surface area contributed by atoms with Gasteiger partial charge in [0.25, 0.3) is 0 Å². The number of aryl methyl sites for hydroxylation is 1. The second-order valence-corrected chi connectivity index (χ2v) is 7.67. The Bertz CT molecular complexity index is 953. The molecule has 2 aromatic rings. The van der Waals surface area contributed by atoms with Crippen LogP contribution in [0.25, 0.3) is 6.08 Å². The van der Waals surface area contributed by atoms with E-state index in [-0.39, 0.29) is 25.7 Å². The SMILES string of the molecule is Cc1ccc(C=CS(=O)(=O)NCCC(=O)Nc2ccc3c(c2)OCO3)cc1. The van der Waals surface area contributed by atoms with E-state index in [0.717, 1.165) is 16.5 Å². The van der Waals surface area contributed by atoms with Crippen LogP contribution in [0, 0.1) is 6.92 Å². The molecule has 0 atom stereocenters. The first kappa shape index (κ1) is 18.9. The molecule has 0 fully saturated rings. The van der Waals surface area contributed by atoms with Crippen LogP contribution in [0.3, 0.4) is 0 Å². The molecule has 27 heavy (non-hydrogen) atoms. The quantitative estimate of drug-likeness (QED) is 0.761. The number of carbonyl (C=O) groups is 1. The second kappa shape index (κ2) is 8.24. The van der Waals surface area contributed by atoms with E-state index in [1.807, 2.05) is 31.2 Å². The third kappa shape index (κ3) is 5.57. The molecule has 2 aromatic carbocycles. The van der Waals surface area contributed by atoms with Crippen LogP contribution in [-0.2, 0) is 14.8 Å². The maximum absolute atomic E-state index is 12.0. The summed E-state index contributed by atoms with van der Waals surface area (Å²) in [7, 11) is -3.61. The standard InChI is InChI=1S/C19H20N2O5S/c1-14-2-4-15(5-3-14)9-11-27(23,24)20-10-8-19(22)21-16-6-7-17-18(12-16)26-13-25-17/h2-7,9,11-12,20H,8,10,13H2,1H3,(H,21,22). The average molecular weight is 388 g/mol. The number of carbonyl (C=O) groups excluding carboxylic acids is 1. The third-order valence-corrected chi connectivity index (χ3v) is 4.93. The molecule has 1 heterocycles. The Morgan fingerprint density at radius 2 is 1.85 bits per heavy atom. The van der Waals surface area contributed by atoms with Crippen molar-refractivity contribution in [1.82, 2.24) is 4.72 Å². The Labute approximate surface area is 158 Å². The number of amides is 1. The van der Waals surface area contributed by atoms with Crippen molar-refractivity contribution in [3.63, 3.8) is 0 Å². The molecular weight excluding hydrogens is 368 g/mol. The van der Waals surface area contributed by atoms with Crippen LogP contribution in [0.5, 0.6) is 11.5 Å². The molecule has 0 spiro atoms. The van der Waals surface area contributed by atoms with Gasteiger partial charge < -0.3 is 14.8 Å². The summed E-state index contributed by atoms with van der Waals surface area (Å²) in [5.74, 6) is 0.884. The Kier molecular flexibility index (Phi) is 5.78. The first-order valence-corrected chi connectivity index (χ1v) is 9.90. The van der Waals surface area contributed by atoms with Gasteiger partial charge in [-0.1, -0.05) is 29.8 Å². The molecule has 0 bridgehead atoms. The van der Waals surface area contributed by atoms with Crippen LogP contribution in [0.2, 0.25) is 0 Å². The van der Waals surface area contributed by atoms with E-state index < -0.39 is 10.0 Å². The molecule has 0 saturated carbocycles. The number of anilines is 1. The van der Waals surface area contributed by atoms with Crippen molar-refractivity contribution < 1.29 is 22.7 Å². The zero-order valence-corrected chi connectivity index (χ0v) is 15.6. The van der Waals surface area contributed by atoms with E-state index in [4.69, 9.17) is 9.47 Å². The molecule has 0 unspecified atom stereocenters. The molecule has 2 N–H and O–H groups in total. The summed E-state index contributed by atoms with van der Waals surface area (Å²) >= 11 is 0. The minimum absolute atomic E-state index is 0.00302. The lowest BCUT2D eigenvalue weighted by Crippen LogP contribution is -2.26. The molecule has 142 valence electrons. The fraction of sp³-hybridized carbons (Fsp3) is 0.211. The number of rotatable bonds is 7. The van der Waals surface area contributed by atoms with Crippen molar-refractivity contribution in [2.24, 2.45) is 0 Å². The van der Waals surface area contributed by atoms with Crippen molar-refractivity contribution >= 4 is 27.7 Å². The zero-order chi connectivity index (χ0) is 19.3. The van der Waals surface area contributed by atoms with Crippen molar-refractivity contribution in [2.75, 3.05) is 18.7 Å². The van der Waals surface area contributed by atoms with Gasteiger partial charge in [-0.15, -0.1) is 0 Å². The topological polar surface area (TPSA) is 93.7 Å². The summed E-state index contributed by atoms with van der Waals surface area (Å²) in [5.41, 5.74) is 2.44. The molecule has 0 aliphatic carbocycles. The zero-order valence-electron chi connectivity index (χ0n) is 14.8. The fourth-order valence-electron chi connectivity index (χ4n) is 2.40. The molecular formula is C19H20N2O5S. The first-order chi connectivity index (χ1) is 12.9. The molecule has 1 aliphatic rings. The van der Waals surface area contributed by atoms with Crippen molar-refractivity contribution in [3.05, 3.63) is 59.0 Å². The minimum atomic E-state index is -3.61. The van der Waals surface area contributed by atoms with E-state index in [9.17, 15) is 13.2 Å². The lowest BCUT2D eigenvalue weighted by atomic mass is 10.2. The van der Waals surface area contributed by atoms with Gasteiger partial charge in [-0.2, -0.15) is 0 Å². The van der Waals surface area contributed by atoms with Crippen molar-refractivity contribution in [3.8, 4) is 11.5 Å². The maximum atomic E-state index is 12.0. The van der Waals surface area contributed by atoms with Crippen LogP contribution < -0.4 is 19.5 Å². The Hall–Kier alpha value is -2.84. The molecule has 1 aliphatic heterocycles. The average Bonchev–Trinajstić information content (AvgIpc) is 3.09. The van der Waals surface area contributed by atoms with E-state index in [0.29, 0.717) is 17.2 Å². The largest absolute Gasteiger partial charge is 0.454 e. The highest BCUT2D eigenvalue weighted by atomic mass is 32.2. The lowest BCUT2D eigenvalue weighted by molar-refractivity contribution is -0.116. The summed E-state index contributed by atoms with van der Waals surface area (Å²) in [6.07, 6.45) is 1.51. The van der Waals surface area contributed by atoms with Gasteiger partial charge >= 0.3 is 0 Å². The summed E-state index contributed by atoms with van der Waals surface area (Å²) in [6, 6.07) is 12.5. The molecule has 7 nitrogen and oxygen atoms in total. The van der Waals surface area contributed by atoms with Crippen LogP contribution in [-0.4, -0.2) is 27.7 Å². The van der Waals surface area contributed by atoms with Gasteiger partial charge in [-0.3, -0.25) is 4.79 Å². The summed E-state index contributed by atoms with van der Waals surface area (Å²) < 4.78 is 36.8. The number of benzene rings is 2. The van der Waals surface area contributed by atoms with Crippen LogP contribution in [0.4, 0.5) is 5.69 Å². The number of sulfonamides is 1. The highest BCUT2D eigenvalue weighted by Gasteiger charge is 2.14. The number of fused-ring (bicyclic) bond motifs is 1. The molecule has 1 amide bonds. The highest BCUT2D eigenvalue weighted by molar-refractivity contribution is 7.92. The summed E-state index contributed by atoms with van der Waals surface area (Å²) in [4.78, 5) is 12.0. The highest BCUT2D eigenvalue weighted by Crippen LogP contribution is 2.34. The molecule has 3 rings (SSSR count).